The van der Waals surface area contributed by atoms with Crippen molar-refractivity contribution in [3.8, 4) is 11.8 Å². The number of hydrogen-bond acceptors (Lipinski definition) is 8. The molecule has 1 aliphatic rings. The molecule has 0 aliphatic heterocycles. The Morgan fingerprint density at radius 2 is 2.06 bits per heavy atom. The highest BCUT2D eigenvalue weighted by molar-refractivity contribution is 8.00. The summed E-state index contributed by atoms with van der Waals surface area (Å²) in [5, 5.41) is 20.8. The number of aromatic nitrogens is 2. The Bertz CT molecular complexity index is 1190. The van der Waals surface area contributed by atoms with Crippen molar-refractivity contribution >= 4 is 34.0 Å². The first-order valence-electron chi connectivity index (χ1n) is 10.7. The summed E-state index contributed by atoms with van der Waals surface area (Å²) in [5.41, 5.74) is 1.67. The van der Waals surface area contributed by atoms with Gasteiger partial charge in [-0.25, -0.2) is 4.39 Å². The summed E-state index contributed by atoms with van der Waals surface area (Å²) in [4.78, 5) is 14.0. The summed E-state index contributed by atoms with van der Waals surface area (Å²) in [6.45, 7) is 3.41. The molecule has 1 N–H and O–H groups in total. The topological polar surface area (TPSA) is 101 Å². The predicted molar refractivity (Wildman–Crippen MR) is 124 cm³/mol. The van der Waals surface area contributed by atoms with Gasteiger partial charge in [-0.15, -0.1) is 21.5 Å². The number of amides is 1. The number of carbonyl (C=O) groups is 1. The zero-order valence-corrected chi connectivity index (χ0v) is 19.9. The van der Waals surface area contributed by atoms with Crippen LogP contribution in [0.2, 0.25) is 0 Å². The summed E-state index contributed by atoms with van der Waals surface area (Å²) in [5.74, 6) is -0.454. The van der Waals surface area contributed by atoms with Crippen molar-refractivity contribution in [1.29, 1.82) is 5.26 Å². The van der Waals surface area contributed by atoms with Gasteiger partial charge in [0.2, 0.25) is 5.91 Å². The molecule has 7 nitrogen and oxygen atoms in total. The minimum Gasteiger partial charge on any atom is -0.478 e. The maximum Gasteiger partial charge on any atom is 0.277 e. The second-order valence-corrected chi connectivity index (χ2v) is 10.1. The number of carbonyl (C=O) groups excluding carboxylic acids is 1. The standard InChI is InChI=1S/C23H23FN4O3S2/c1-13(30-18-10-7-6-9-17(18)24)21-27-28-23(31-21)32-14(2)20(29)26-22-16(12-25)15-8-4-3-5-11-19(15)33-22/h6-7,9-10,13-14H,3-5,8,11H2,1-2H3,(H,26,29)/t13-,14-/m0/s1. The van der Waals surface area contributed by atoms with Crippen LogP contribution in [0.15, 0.2) is 33.9 Å². The predicted octanol–water partition coefficient (Wildman–Crippen LogP) is 5.67. The number of fused-ring (bicyclic) bond motifs is 1. The Labute approximate surface area is 199 Å². The minimum atomic E-state index is -0.660. The number of nitrogens with zero attached hydrogens (tertiary/aromatic N) is 3. The van der Waals surface area contributed by atoms with Crippen LogP contribution in [0.3, 0.4) is 0 Å². The van der Waals surface area contributed by atoms with Gasteiger partial charge in [0.05, 0.1) is 10.8 Å². The number of thiophene rings is 1. The van der Waals surface area contributed by atoms with Gasteiger partial charge in [-0.2, -0.15) is 5.26 Å². The van der Waals surface area contributed by atoms with Crippen molar-refractivity contribution in [3.63, 3.8) is 0 Å². The molecule has 2 heterocycles. The number of thioether (sulfide) groups is 1. The molecular weight excluding hydrogens is 463 g/mol. The van der Waals surface area contributed by atoms with Crippen LogP contribution in [0.5, 0.6) is 5.75 Å². The van der Waals surface area contributed by atoms with E-state index in [4.69, 9.17) is 9.15 Å². The van der Waals surface area contributed by atoms with E-state index < -0.39 is 17.2 Å². The SMILES string of the molecule is C[C@H](Sc1nnc([C@H](C)Oc2ccccc2F)o1)C(=O)Nc1sc2c(c1C#N)CCCCC2. The van der Waals surface area contributed by atoms with Crippen molar-refractivity contribution in [2.45, 2.75) is 62.5 Å². The Morgan fingerprint density at radius 1 is 1.27 bits per heavy atom. The Morgan fingerprint density at radius 3 is 2.85 bits per heavy atom. The maximum absolute atomic E-state index is 13.8. The zero-order chi connectivity index (χ0) is 23.4. The third kappa shape index (κ3) is 5.37. The summed E-state index contributed by atoms with van der Waals surface area (Å²) in [7, 11) is 0. The molecule has 33 heavy (non-hydrogen) atoms. The average Bonchev–Trinajstić information content (AvgIpc) is 3.32. The smallest absolute Gasteiger partial charge is 0.277 e. The normalized spacial score (nSPS) is 15.1. The van der Waals surface area contributed by atoms with Crippen molar-refractivity contribution in [2.75, 3.05) is 5.32 Å². The van der Waals surface area contributed by atoms with E-state index in [1.54, 1.807) is 26.0 Å². The fraction of sp³-hybridized carbons (Fsp3) is 0.391. The highest BCUT2D eigenvalue weighted by Gasteiger charge is 2.25. The number of para-hydroxylation sites is 1. The Balaban J connectivity index is 1.39. The number of nitriles is 1. The molecule has 4 rings (SSSR count). The summed E-state index contributed by atoms with van der Waals surface area (Å²) in [6, 6.07) is 8.34. The van der Waals surface area contributed by atoms with Crippen molar-refractivity contribution in [1.82, 2.24) is 10.2 Å². The Hall–Kier alpha value is -2.90. The van der Waals surface area contributed by atoms with Gasteiger partial charge >= 0.3 is 0 Å². The molecule has 0 saturated heterocycles. The van der Waals surface area contributed by atoms with E-state index in [9.17, 15) is 14.4 Å². The molecule has 0 fully saturated rings. The number of rotatable bonds is 7. The van der Waals surface area contributed by atoms with Gasteiger partial charge in [0.1, 0.15) is 11.1 Å². The van der Waals surface area contributed by atoms with Crippen LogP contribution < -0.4 is 10.1 Å². The second-order valence-electron chi connectivity index (χ2n) is 7.73. The van der Waals surface area contributed by atoms with Gasteiger partial charge in [-0.05, 0) is 57.2 Å². The van der Waals surface area contributed by atoms with E-state index in [1.165, 1.54) is 28.3 Å². The van der Waals surface area contributed by atoms with Crippen LogP contribution in [-0.4, -0.2) is 21.4 Å². The van der Waals surface area contributed by atoms with Crippen LogP contribution in [-0.2, 0) is 17.6 Å². The van der Waals surface area contributed by atoms with Gasteiger partial charge in [-0.1, -0.05) is 30.3 Å². The maximum atomic E-state index is 13.8. The van der Waals surface area contributed by atoms with Gasteiger partial charge in [0.25, 0.3) is 11.1 Å². The molecule has 0 unspecified atom stereocenters. The van der Waals surface area contributed by atoms with E-state index in [-0.39, 0.29) is 22.8 Å². The molecule has 1 amide bonds. The van der Waals surface area contributed by atoms with E-state index in [0.29, 0.717) is 10.6 Å². The van der Waals surface area contributed by atoms with Crippen molar-refractivity contribution in [2.24, 2.45) is 0 Å². The first-order chi connectivity index (χ1) is 16.0. The summed E-state index contributed by atoms with van der Waals surface area (Å²) < 4.78 is 25.0. The van der Waals surface area contributed by atoms with E-state index in [2.05, 4.69) is 21.6 Å². The highest BCUT2D eigenvalue weighted by atomic mass is 32.2. The van der Waals surface area contributed by atoms with Crippen LogP contribution in [0.1, 0.15) is 61.1 Å². The third-order valence-corrected chi connectivity index (χ3v) is 7.47. The fourth-order valence-electron chi connectivity index (χ4n) is 3.58. The van der Waals surface area contributed by atoms with Gasteiger partial charge in [0.15, 0.2) is 17.7 Å². The number of benzene rings is 1. The second kappa shape index (κ2) is 10.4. The average molecular weight is 487 g/mol. The molecular formula is C23H23FN4O3S2. The lowest BCUT2D eigenvalue weighted by molar-refractivity contribution is -0.115. The zero-order valence-electron chi connectivity index (χ0n) is 18.3. The summed E-state index contributed by atoms with van der Waals surface area (Å²) in [6.07, 6.45) is 4.51. The lowest BCUT2D eigenvalue weighted by Crippen LogP contribution is -2.22. The number of aryl methyl sites for hydroxylation is 1. The number of ether oxygens (including phenoxy) is 1. The monoisotopic (exact) mass is 486 g/mol. The number of anilines is 1. The number of nitrogens with one attached hydrogen (secondary N) is 1. The molecule has 1 aromatic carbocycles. The van der Waals surface area contributed by atoms with E-state index in [1.807, 2.05) is 0 Å². The molecule has 10 heteroatoms. The molecule has 172 valence electrons. The molecule has 0 spiro atoms. The quantitative estimate of drug-likeness (QED) is 0.339. The van der Waals surface area contributed by atoms with Crippen LogP contribution in [0.4, 0.5) is 9.39 Å². The first-order valence-corrected chi connectivity index (χ1v) is 12.4. The fourth-order valence-corrected chi connectivity index (χ4v) is 5.51. The van der Waals surface area contributed by atoms with Crippen LogP contribution in [0.25, 0.3) is 0 Å². The lowest BCUT2D eigenvalue weighted by atomic mass is 10.1. The van der Waals surface area contributed by atoms with Crippen LogP contribution in [0, 0.1) is 17.1 Å². The van der Waals surface area contributed by atoms with Gasteiger partial charge < -0.3 is 14.5 Å². The summed E-state index contributed by atoms with van der Waals surface area (Å²) >= 11 is 2.61. The number of hydrogen-bond donors (Lipinski definition) is 1. The van der Waals surface area contributed by atoms with Crippen molar-refractivity contribution < 1.29 is 18.3 Å². The highest BCUT2D eigenvalue weighted by Crippen LogP contribution is 2.37. The van der Waals surface area contributed by atoms with Gasteiger partial charge in [0, 0.05) is 4.88 Å². The molecule has 2 aromatic heterocycles. The third-order valence-electron chi connectivity index (χ3n) is 5.33. The largest absolute Gasteiger partial charge is 0.478 e. The van der Waals surface area contributed by atoms with Crippen molar-refractivity contribution in [3.05, 3.63) is 52.0 Å². The number of halogens is 1. The van der Waals surface area contributed by atoms with E-state index >= 15 is 0 Å². The lowest BCUT2D eigenvalue weighted by Gasteiger charge is -2.11. The van der Waals surface area contributed by atoms with E-state index in [0.717, 1.165) is 49.4 Å². The molecule has 0 bridgehead atoms. The minimum absolute atomic E-state index is 0.0905. The molecule has 0 radical (unpaired) electrons. The molecule has 3 aromatic rings. The Kier molecular flexibility index (Phi) is 7.30. The van der Waals surface area contributed by atoms with Gasteiger partial charge in [-0.3, -0.25) is 4.79 Å². The van der Waals surface area contributed by atoms with Crippen LogP contribution >= 0.6 is 23.1 Å². The first kappa shape index (κ1) is 23.3. The molecule has 0 saturated carbocycles. The molecule has 2 atom stereocenters. The molecule has 1 aliphatic carbocycles.